The highest BCUT2D eigenvalue weighted by Crippen LogP contribution is 2.37. The van der Waals surface area contributed by atoms with Crippen LogP contribution in [0.3, 0.4) is 0 Å². The molecule has 0 aliphatic heterocycles. The van der Waals surface area contributed by atoms with E-state index in [0.29, 0.717) is 22.7 Å². The number of thiazole rings is 1. The highest BCUT2D eigenvalue weighted by Gasteiger charge is 2.34. The van der Waals surface area contributed by atoms with Gasteiger partial charge in [-0.15, -0.1) is 11.3 Å². The molecule has 4 nitrogen and oxygen atoms in total. The lowest BCUT2D eigenvalue weighted by atomic mass is 10.0. The summed E-state index contributed by atoms with van der Waals surface area (Å²) in [5.41, 5.74) is 0.521. The van der Waals surface area contributed by atoms with Gasteiger partial charge in [0, 0.05) is 17.5 Å². The van der Waals surface area contributed by atoms with E-state index < -0.39 is 17.7 Å². The Kier molecular flexibility index (Phi) is 5.18. The van der Waals surface area contributed by atoms with Gasteiger partial charge in [-0.05, 0) is 37.3 Å². The van der Waals surface area contributed by atoms with Gasteiger partial charge in [0.25, 0.3) is 0 Å². The number of benzene rings is 2. The highest BCUT2D eigenvalue weighted by atomic mass is 32.1. The number of hydrogen-bond donors (Lipinski definition) is 1. The molecule has 3 aromatic rings. The van der Waals surface area contributed by atoms with E-state index in [9.17, 15) is 18.0 Å². The third kappa shape index (κ3) is 3.95. The number of alkyl halides is 3. The van der Waals surface area contributed by atoms with Crippen molar-refractivity contribution in [3.05, 3.63) is 69.8 Å². The number of hydrogen-bond acceptors (Lipinski definition) is 3. The molecule has 0 atom stereocenters. The summed E-state index contributed by atoms with van der Waals surface area (Å²) in [5, 5.41) is 10.6. The average molecular weight is 392 g/mol. The minimum Gasteiger partial charge on any atom is -0.478 e. The van der Waals surface area contributed by atoms with Crippen molar-refractivity contribution in [1.82, 2.24) is 4.57 Å². The van der Waals surface area contributed by atoms with Crippen LogP contribution >= 0.6 is 11.3 Å². The van der Waals surface area contributed by atoms with Gasteiger partial charge in [0.05, 0.1) is 22.5 Å². The predicted molar refractivity (Wildman–Crippen MR) is 97.0 cm³/mol. The molecule has 2 aromatic carbocycles. The first-order valence-electron chi connectivity index (χ1n) is 8.04. The number of carbonyl (C=O) groups is 1. The van der Waals surface area contributed by atoms with E-state index in [4.69, 9.17) is 5.11 Å². The van der Waals surface area contributed by atoms with E-state index in [1.807, 2.05) is 6.92 Å². The quantitative estimate of drug-likeness (QED) is 0.665. The molecule has 0 bridgehead atoms. The lowest BCUT2D eigenvalue weighted by Crippen LogP contribution is -2.16. The van der Waals surface area contributed by atoms with Crippen LogP contribution in [0.15, 0.2) is 58.9 Å². The van der Waals surface area contributed by atoms with Crippen LogP contribution in [0.25, 0.3) is 11.3 Å². The van der Waals surface area contributed by atoms with Crippen molar-refractivity contribution in [2.75, 3.05) is 0 Å². The number of rotatable bonds is 4. The topological polar surface area (TPSA) is 54.6 Å². The van der Waals surface area contributed by atoms with E-state index in [0.717, 1.165) is 6.07 Å². The van der Waals surface area contributed by atoms with Crippen LogP contribution in [0.2, 0.25) is 0 Å². The molecule has 1 aromatic heterocycles. The van der Waals surface area contributed by atoms with Crippen LogP contribution in [-0.2, 0) is 12.7 Å². The number of nitrogens with zero attached hydrogens (tertiary/aromatic N) is 2. The molecule has 0 amide bonds. The third-order valence-electron chi connectivity index (χ3n) is 3.96. The van der Waals surface area contributed by atoms with Crippen molar-refractivity contribution >= 4 is 23.0 Å². The van der Waals surface area contributed by atoms with E-state index in [2.05, 4.69) is 4.99 Å². The molecule has 27 heavy (non-hydrogen) atoms. The molecular formula is C19H15F3N2O2S. The van der Waals surface area contributed by atoms with Crippen molar-refractivity contribution in [2.24, 2.45) is 4.99 Å². The van der Waals surface area contributed by atoms with Gasteiger partial charge in [0.2, 0.25) is 0 Å². The summed E-state index contributed by atoms with van der Waals surface area (Å²) < 4.78 is 41.8. The van der Waals surface area contributed by atoms with Gasteiger partial charge in [-0.3, -0.25) is 0 Å². The SMILES string of the molecule is CCn1c(-c2ccccc2C(F)(F)F)csc1=Nc1ccc(C(=O)O)cc1. The van der Waals surface area contributed by atoms with Gasteiger partial charge < -0.3 is 9.67 Å². The number of carboxylic acid groups (broad SMARTS) is 1. The second-order valence-corrected chi connectivity index (χ2v) is 6.49. The Labute approximate surface area is 156 Å². The molecule has 0 radical (unpaired) electrons. The van der Waals surface area contributed by atoms with Crippen molar-refractivity contribution in [3.63, 3.8) is 0 Å². The Hall–Kier alpha value is -2.87. The molecule has 3 rings (SSSR count). The third-order valence-corrected chi connectivity index (χ3v) is 4.82. The largest absolute Gasteiger partial charge is 0.478 e. The van der Waals surface area contributed by atoms with Crippen LogP contribution in [0, 0.1) is 0 Å². The molecule has 0 fully saturated rings. The van der Waals surface area contributed by atoms with Crippen LogP contribution in [0.4, 0.5) is 18.9 Å². The molecule has 8 heteroatoms. The average Bonchev–Trinajstić information content (AvgIpc) is 3.04. The molecule has 0 unspecified atom stereocenters. The van der Waals surface area contributed by atoms with E-state index in [1.54, 1.807) is 28.1 Å². The molecule has 1 heterocycles. The first-order valence-corrected chi connectivity index (χ1v) is 8.92. The molecule has 0 saturated heterocycles. The Morgan fingerprint density at radius 2 is 1.81 bits per heavy atom. The fourth-order valence-electron chi connectivity index (χ4n) is 2.68. The van der Waals surface area contributed by atoms with Crippen LogP contribution in [-0.4, -0.2) is 15.6 Å². The summed E-state index contributed by atoms with van der Waals surface area (Å²) in [6, 6.07) is 11.4. The molecule has 1 N–H and O–H groups in total. The van der Waals surface area contributed by atoms with E-state index in [1.165, 1.54) is 35.6 Å². The summed E-state index contributed by atoms with van der Waals surface area (Å²) in [7, 11) is 0. The lowest BCUT2D eigenvalue weighted by molar-refractivity contribution is -0.137. The van der Waals surface area contributed by atoms with Crippen LogP contribution in [0.1, 0.15) is 22.8 Å². The molecule has 0 saturated carbocycles. The molecule has 0 spiro atoms. The van der Waals surface area contributed by atoms with Crippen molar-refractivity contribution < 1.29 is 23.1 Å². The zero-order valence-electron chi connectivity index (χ0n) is 14.2. The summed E-state index contributed by atoms with van der Waals surface area (Å²) in [5.74, 6) is -1.03. The minimum absolute atomic E-state index is 0.103. The van der Waals surface area contributed by atoms with Gasteiger partial charge in [-0.25, -0.2) is 9.79 Å². The normalized spacial score (nSPS) is 12.4. The Morgan fingerprint density at radius 3 is 2.41 bits per heavy atom. The summed E-state index contributed by atoms with van der Waals surface area (Å²) in [6.45, 7) is 2.27. The van der Waals surface area contributed by atoms with Gasteiger partial charge >= 0.3 is 12.1 Å². The maximum absolute atomic E-state index is 13.3. The smallest absolute Gasteiger partial charge is 0.417 e. The first-order chi connectivity index (χ1) is 12.8. The zero-order chi connectivity index (χ0) is 19.6. The van der Waals surface area contributed by atoms with Crippen LogP contribution < -0.4 is 4.80 Å². The summed E-state index contributed by atoms with van der Waals surface area (Å²) in [4.78, 5) is 15.9. The molecular weight excluding hydrogens is 377 g/mol. The number of aromatic nitrogens is 1. The Bertz CT molecular complexity index is 1030. The second kappa shape index (κ2) is 7.40. The fourth-order valence-corrected chi connectivity index (χ4v) is 3.67. The Balaban J connectivity index is 2.10. The van der Waals surface area contributed by atoms with E-state index >= 15 is 0 Å². The van der Waals surface area contributed by atoms with Crippen molar-refractivity contribution in [2.45, 2.75) is 19.6 Å². The summed E-state index contributed by atoms with van der Waals surface area (Å²) >= 11 is 1.23. The maximum atomic E-state index is 13.3. The fraction of sp³-hybridized carbons (Fsp3) is 0.158. The maximum Gasteiger partial charge on any atom is 0.417 e. The second-order valence-electron chi connectivity index (χ2n) is 5.65. The lowest BCUT2D eigenvalue weighted by Gasteiger charge is -2.14. The summed E-state index contributed by atoms with van der Waals surface area (Å²) in [6.07, 6.45) is -4.45. The van der Waals surface area contributed by atoms with Gasteiger partial charge in [0.1, 0.15) is 0 Å². The van der Waals surface area contributed by atoms with Gasteiger partial charge in [0.15, 0.2) is 4.80 Å². The van der Waals surface area contributed by atoms with E-state index in [-0.39, 0.29) is 11.1 Å². The van der Waals surface area contributed by atoms with Gasteiger partial charge in [-0.1, -0.05) is 18.2 Å². The monoisotopic (exact) mass is 392 g/mol. The first kappa shape index (κ1) is 18.9. The molecule has 0 aliphatic rings. The standard InChI is InChI=1S/C19H15F3N2O2S/c1-2-24-16(14-5-3-4-6-15(14)19(20,21)22)11-27-18(24)23-13-9-7-12(8-10-13)17(25)26/h3-11H,2H2,1H3,(H,25,26). The number of aromatic carboxylic acids is 1. The number of halogens is 3. The Morgan fingerprint density at radius 1 is 1.15 bits per heavy atom. The van der Waals surface area contributed by atoms with Crippen molar-refractivity contribution in [3.8, 4) is 11.3 Å². The van der Waals surface area contributed by atoms with Crippen LogP contribution in [0.5, 0.6) is 0 Å². The highest BCUT2D eigenvalue weighted by molar-refractivity contribution is 7.07. The zero-order valence-corrected chi connectivity index (χ0v) is 15.0. The number of carboxylic acids is 1. The van der Waals surface area contributed by atoms with Gasteiger partial charge in [-0.2, -0.15) is 13.2 Å². The molecule has 0 aliphatic carbocycles. The molecule has 140 valence electrons. The predicted octanol–water partition coefficient (Wildman–Crippen LogP) is 5.19. The minimum atomic E-state index is -4.45. The van der Waals surface area contributed by atoms with Crippen molar-refractivity contribution in [1.29, 1.82) is 0 Å².